The van der Waals surface area contributed by atoms with Crippen LogP contribution in [0.25, 0.3) is 11.1 Å². The van der Waals surface area contributed by atoms with Crippen molar-refractivity contribution in [3.05, 3.63) is 59.7 Å². The van der Waals surface area contributed by atoms with E-state index in [0.717, 1.165) is 41.5 Å². The molecule has 2 aromatic rings. The Morgan fingerprint density at radius 1 is 1.00 bits per heavy atom. The predicted molar refractivity (Wildman–Crippen MR) is 132 cm³/mol. The monoisotopic (exact) mass is 479 g/mol. The first-order valence-electron chi connectivity index (χ1n) is 12.1. The summed E-state index contributed by atoms with van der Waals surface area (Å²) >= 11 is 0. The van der Waals surface area contributed by atoms with Crippen molar-refractivity contribution in [2.45, 2.75) is 43.7 Å². The Kier molecular flexibility index (Phi) is 7.70. The quantitative estimate of drug-likeness (QED) is 0.483. The number of carboxylic acid groups (broad SMARTS) is 1. The molecule has 2 unspecified atom stereocenters. The highest BCUT2D eigenvalue weighted by Gasteiger charge is 2.36. The molecule has 0 spiro atoms. The molecule has 8 heteroatoms. The van der Waals surface area contributed by atoms with E-state index in [0.29, 0.717) is 13.0 Å². The van der Waals surface area contributed by atoms with Gasteiger partial charge >= 0.3 is 12.1 Å². The molecule has 0 bridgehead atoms. The Morgan fingerprint density at radius 2 is 1.60 bits per heavy atom. The normalized spacial score (nSPS) is 16.5. The number of carboxylic acids is 1. The maximum absolute atomic E-state index is 13.0. The van der Waals surface area contributed by atoms with Gasteiger partial charge in [0.15, 0.2) is 0 Å². The van der Waals surface area contributed by atoms with Gasteiger partial charge in [0, 0.05) is 5.92 Å². The number of hydrogen-bond donors (Lipinski definition) is 3. The Hall–Kier alpha value is -3.39. The number of alkyl carbamates (subject to hydrolysis) is 1. The summed E-state index contributed by atoms with van der Waals surface area (Å²) in [6.45, 7) is 0.685. The van der Waals surface area contributed by atoms with E-state index in [9.17, 15) is 19.5 Å². The molecule has 2 aromatic carbocycles. The summed E-state index contributed by atoms with van der Waals surface area (Å²) in [5.41, 5.74) is 4.48. The topological polar surface area (TPSA) is 108 Å². The number of ether oxygens (including phenoxy) is 1. The summed E-state index contributed by atoms with van der Waals surface area (Å²) in [6.07, 6.45) is 2.16. The molecule has 35 heavy (non-hydrogen) atoms. The summed E-state index contributed by atoms with van der Waals surface area (Å²) < 4.78 is 5.60. The van der Waals surface area contributed by atoms with Gasteiger partial charge in [0.25, 0.3) is 0 Å². The Bertz CT molecular complexity index is 1040. The van der Waals surface area contributed by atoms with Gasteiger partial charge in [-0.3, -0.25) is 4.79 Å². The van der Waals surface area contributed by atoms with Crippen molar-refractivity contribution in [1.29, 1.82) is 0 Å². The lowest BCUT2D eigenvalue weighted by molar-refractivity contribution is -0.144. The first-order chi connectivity index (χ1) is 16.8. The average Bonchev–Trinajstić information content (AvgIpc) is 3.12. The van der Waals surface area contributed by atoms with Gasteiger partial charge in [-0.05, 0) is 68.1 Å². The third-order valence-electron chi connectivity index (χ3n) is 7.00. The fraction of sp³-hybridized carbons (Fsp3) is 0.444. The van der Waals surface area contributed by atoms with E-state index in [2.05, 4.69) is 22.8 Å². The molecule has 2 aliphatic rings. The van der Waals surface area contributed by atoms with Gasteiger partial charge < -0.3 is 25.4 Å². The summed E-state index contributed by atoms with van der Waals surface area (Å²) in [5.74, 6) is -1.70. The maximum atomic E-state index is 13.0. The third-order valence-corrected chi connectivity index (χ3v) is 7.00. The largest absolute Gasteiger partial charge is 0.480 e. The molecule has 0 saturated heterocycles. The lowest BCUT2D eigenvalue weighted by Crippen LogP contribution is -2.55. The van der Waals surface area contributed by atoms with Crippen molar-refractivity contribution in [2.24, 2.45) is 5.92 Å². The summed E-state index contributed by atoms with van der Waals surface area (Å²) in [5, 5.41) is 14.9. The summed E-state index contributed by atoms with van der Waals surface area (Å²) in [7, 11) is 3.74. The van der Waals surface area contributed by atoms with Gasteiger partial charge in [-0.1, -0.05) is 55.0 Å². The minimum atomic E-state index is -1.05. The van der Waals surface area contributed by atoms with Crippen molar-refractivity contribution in [1.82, 2.24) is 15.5 Å². The van der Waals surface area contributed by atoms with Crippen molar-refractivity contribution in [2.75, 3.05) is 27.2 Å². The number of aliphatic carboxylic acids is 1. The molecule has 2 amide bonds. The van der Waals surface area contributed by atoms with Crippen LogP contribution < -0.4 is 10.6 Å². The molecule has 3 N–H and O–H groups in total. The number of nitrogens with one attached hydrogen (secondary N) is 2. The van der Waals surface area contributed by atoms with E-state index in [1.165, 1.54) is 0 Å². The Labute approximate surface area is 205 Å². The van der Waals surface area contributed by atoms with Gasteiger partial charge in [-0.15, -0.1) is 0 Å². The summed E-state index contributed by atoms with van der Waals surface area (Å²) in [4.78, 5) is 39.3. The smallest absolute Gasteiger partial charge is 0.407 e. The number of rotatable bonds is 10. The van der Waals surface area contributed by atoms with Crippen LogP contribution >= 0.6 is 0 Å². The van der Waals surface area contributed by atoms with Crippen LogP contribution in [-0.4, -0.2) is 67.3 Å². The molecule has 1 fully saturated rings. The average molecular weight is 480 g/mol. The number of carbonyl (C=O) groups excluding carboxylic acids is 2. The molecule has 1 saturated carbocycles. The first-order valence-corrected chi connectivity index (χ1v) is 12.1. The highest BCUT2D eigenvalue weighted by Crippen LogP contribution is 2.44. The van der Waals surface area contributed by atoms with Crippen molar-refractivity contribution < 1.29 is 24.2 Å². The second-order valence-electron chi connectivity index (χ2n) is 9.63. The van der Waals surface area contributed by atoms with Gasteiger partial charge in [-0.2, -0.15) is 0 Å². The predicted octanol–water partition coefficient (Wildman–Crippen LogP) is 3.21. The number of fused-ring (bicyclic) bond motifs is 3. The second kappa shape index (κ2) is 10.9. The lowest BCUT2D eigenvalue weighted by atomic mass is 9.79. The number of carbonyl (C=O) groups is 3. The van der Waals surface area contributed by atoms with Crippen molar-refractivity contribution in [3.8, 4) is 11.1 Å². The van der Waals surface area contributed by atoms with E-state index < -0.39 is 30.1 Å². The van der Waals surface area contributed by atoms with Gasteiger partial charge in [0.1, 0.15) is 18.7 Å². The number of nitrogens with zero attached hydrogens (tertiary/aromatic N) is 1. The van der Waals surface area contributed by atoms with E-state index in [1.807, 2.05) is 55.4 Å². The molecule has 0 heterocycles. The Balaban J connectivity index is 1.41. The van der Waals surface area contributed by atoms with E-state index in [4.69, 9.17) is 4.74 Å². The van der Waals surface area contributed by atoms with Crippen molar-refractivity contribution in [3.63, 3.8) is 0 Å². The SMILES string of the molecule is CN(C)CCC(NC(=O)OCC1c2ccccc2-c2ccccc21)C(=O)NC(C(=O)O)C1CCC1. The van der Waals surface area contributed by atoms with Crippen LogP contribution in [0.2, 0.25) is 0 Å². The zero-order chi connectivity index (χ0) is 24.9. The summed E-state index contributed by atoms with van der Waals surface area (Å²) in [6, 6.07) is 14.3. The lowest BCUT2D eigenvalue weighted by Gasteiger charge is -2.32. The van der Waals surface area contributed by atoms with Crippen LogP contribution in [0.4, 0.5) is 4.79 Å². The minimum Gasteiger partial charge on any atom is -0.480 e. The van der Waals surface area contributed by atoms with Gasteiger partial charge in [0.2, 0.25) is 5.91 Å². The molecular weight excluding hydrogens is 446 g/mol. The zero-order valence-electron chi connectivity index (χ0n) is 20.2. The van der Waals surface area contributed by atoms with Crippen LogP contribution in [0.1, 0.15) is 42.7 Å². The molecule has 2 aliphatic carbocycles. The maximum Gasteiger partial charge on any atom is 0.407 e. The van der Waals surface area contributed by atoms with Gasteiger partial charge in [-0.25, -0.2) is 9.59 Å². The zero-order valence-corrected chi connectivity index (χ0v) is 20.2. The van der Waals surface area contributed by atoms with E-state index in [1.54, 1.807) is 0 Å². The van der Waals surface area contributed by atoms with Crippen molar-refractivity contribution >= 4 is 18.0 Å². The molecule has 8 nitrogen and oxygen atoms in total. The van der Waals surface area contributed by atoms with Crippen LogP contribution in [-0.2, 0) is 14.3 Å². The van der Waals surface area contributed by atoms with Crippen LogP contribution in [0.5, 0.6) is 0 Å². The van der Waals surface area contributed by atoms with Crippen LogP contribution in [0, 0.1) is 5.92 Å². The van der Waals surface area contributed by atoms with E-state index >= 15 is 0 Å². The third kappa shape index (κ3) is 5.65. The molecule has 2 atom stereocenters. The highest BCUT2D eigenvalue weighted by atomic mass is 16.5. The molecular formula is C27H33N3O5. The van der Waals surface area contributed by atoms with Gasteiger partial charge in [0.05, 0.1) is 0 Å². The minimum absolute atomic E-state index is 0.0691. The van der Waals surface area contributed by atoms with Crippen LogP contribution in [0.15, 0.2) is 48.5 Å². The van der Waals surface area contributed by atoms with E-state index in [-0.39, 0.29) is 18.4 Å². The fourth-order valence-corrected chi connectivity index (χ4v) is 4.85. The highest BCUT2D eigenvalue weighted by molar-refractivity contribution is 5.89. The number of benzene rings is 2. The number of amides is 2. The van der Waals surface area contributed by atoms with Crippen LogP contribution in [0.3, 0.4) is 0 Å². The molecule has 0 aromatic heterocycles. The molecule has 0 aliphatic heterocycles. The molecule has 0 radical (unpaired) electrons. The molecule has 186 valence electrons. The Morgan fingerprint density at radius 3 is 2.11 bits per heavy atom. The fourth-order valence-electron chi connectivity index (χ4n) is 4.85. The standard InChI is InChI=1S/C27H33N3O5/c1-30(2)15-14-23(25(31)29-24(26(32)33)17-8-7-9-17)28-27(34)35-16-22-20-12-5-3-10-18(20)19-11-4-6-13-21(19)22/h3-6,10-13,17,22-24H,7-9,14-16H2,1-2H3,(H,28,34)(H,29,31)(H,32,33). The molecule has 4 rings (SSSR count). The second-order valence-corrected chi connectivity index (χ2v) is 9.63. The first kappa shape index (κ1) is 24.7. The number of hydrogen-bond acceptors (Lipinski definition) is 5.